The third-order valence-corrected chi connectivity index (χ3v) is 5.80. The second kappa shape index (κ2) is 6.39. The number of hydrogen-bond donors (Lipinski definition) is 1. The van der Waals surface area contributed by atoms with E-state index in [1.54, 1.807) is 0 Å². The Morgan fingerprint density at radius 3 is 2.70 bits per heavy atom. The van der Waals surface area contributed by atoms with Gasteiger partial charge in [0.05, 0.1) is 31.3 Å². The van der Waals surface area contributed by atoms with Crippen LogP contribution in [-0.2, 0) is 21.2 Å². The maximum absolute atomic E-state index is 11.9. The molecule has 1 aromatic carbocycles. The van der Waals surface area contributed by atoms with Gasteiger partial charge in [-0.3, -0.25) is 9.21 Å². The lowest BCUT2D eigenvalue weighted by Crippen LogP contribution is -2.38. The van der Waals surface area contributed by atoms with Crippen LogP contribution in [0.3, 0.4) is 0 Å². The van der Waals surface area contributed by atoms with Gasteiger partial charge in [0.1, 0.15) is 0 Å². The van der Waals surface area contributed by atoms with Crippen LogP contribution in [-0.4, -0.2) is 63.6 Å². The number of aliphatic hydroxyl groups is 1. The van der Waals surface area contributed by atoms with Crippen LogP contribution in [0.1, 0.15) is 24.2 Å². The average Bonchev–Trinajstić information content (AvgIpc) is 2.82. The van der Waals surface area contributed by atoms with Gasteiger partial charge in [-0.15, -0.1) is 0 Å². The summed E-state index contributed by atoms with van der Waals surface area (Å²) in [6.45, 7) is 5.57. The van der Waals surface area contributed by atoms with Crippen molar-refractivity contribution in [2.24, 2.45) is 0 Å². The first-order valence-corrected chi connectivity index (χ1v) is 9.81. The molecule has 0 spiro atoms. The highest BCUT2D eigenvalue weighted by molar-refractivity contribution is 7.92. The van der Waals surface area contributed by atoms with E-state index in [1.807, 2.05) is 25.1 Å². The minimum absolute atomic E-state index is 0.0772. The summed E-state index contributed by atoms with van der Waals surface area (Å²) in [6, 6.07) is 5.52. The van der Waals surface area contributed by atoms with Crippen molar-refractivity contribution in [2.75, 3.05) is 43.4 Å². The van der Waals surface area contributed by atoms with Gasteiger partial charge in [0, 0.05) is 25.7 Å². The maximum Gasteiger partial charge on any atom is 0.232 e. The van der Waals surface area contributed by atoms with E-state index in [0.717, 1.165) is 29.9 Å². The molecule has 0 radical (unpaired) electrons. The molecular weight excluding hydrogens is 316 g/mol. The van der Waals surface area contributed by atoms with Crippen molar-refractivity contribution < 1.29 is 18.3 Å². The van der Waals surface area contributed by atoms with E-state index in [1.165, 1.54) is 10.6 Å². The average molecular weight is 340 g/mol. The standard InChI is InChI=1S/C16H24N2O4S/c1-12-9-14-10-13(3-4-15(14)18(12)23(2,20)21)16(19)11-17-5-7-22-8-6-17/h3-4,10,12,16,19H,5-9,11H2,1-2H3/t12-,16-/m1/s1. The fraction of sp³-hybridized carbons (Fsp3) is 0.625. The molecule has 7 heteroatoms. The summed E-state index contributed by atoms with van der Waals surface area (Å²) >= 11 is 0. The first-order valence-electron chi connectivity index (χ1n) is 7.96. The number of β-amino-alcohol motifs (C(OH)–C–C–N with tert-alkyl or cyclic N) is 1. The lowest BCUT2D eigenvalue weighted by Gasteiger charge is -2.28. The predicted molar refractivity (Wildman–Crippen MR) is 89.1 cm³/mol. The number of fused-ring (bicyclic) bond motifs is 1. The molecule has 0 saturated carbocycles. The molecule has 1 aromatic rings. The third kappa shape index (κ3) is 3.52. The lowest BCUT2D eigenvalue weighted by atomic mass is 10.0. The van der Waals surface area contributed by atoms with Crippen LogP contribution >= 0.6 is 0 Å². The highest BCUT2D eigenvalue weighted by Crippen LogP contribution is 2.35. The maximum atomic E-state index is 11.9. The Bertz CT molecular complexity index is 671. The molecule has 1 fully saturated rings. The van der Waals surface area contributed by atoms with E-state index in [0.29, 0.717) is 26.2 Å². The number of ether oxygens (including phenoxy) is 1. The summed E-state index contributed by atoms with van der Waals surface area (Å²) in [6.07, 6.45) is 1.35. The number of hydrogen-bond acceptors (Lipinski definition) is 5. The minimum Gasteiger partial charge on any atom is -0.387 e. The highest BCUT2D eigenvalue weighted by Gasteiger charge is 2.32. The number of sulfonamides is 1. The molecule has 128 valence electrons. The van der Waals surface area contributed by atoms with Crippen LogP contribution in [0.2, 0.25) is 0 Å². The molecule has 23 heavy (non-hydrogen) atoms. The van der Waals surface area contributed by atoms with Gasteiger partial charge >= 0.3 is 0 Å². The van der Waals surface area contributed by atoms with Crippen molar-refractivity contribution in [1.82, 2.24) is 4.90 Å². The topological polar surface area (TPSA) is 70.1 Å². The molecule has 1 N–H and O–H groups in total. The zero-order valence-corrected chi connectivity index (χ0v) is 14.4. The highest BCUT2D eigenvalue weighted by atomic mass is 32.2. The van der Waals surface area contributed by atoms with Crippen molar-refractivity contribution in [3.05, 3.63) is 29.3 Å². The van der Waals surface area contributed by atoms with Crippen LogP contribution in [0.5, 0.6) is 0 Å². The van der Waals surface area contributed by atoms with E-state index in [2.05, 4.69) is 4.90 Å². The molecule has 2 atom stereocenters. The fourth-order valence-corrected chi connectivity index (χ4v) is 4.73. The summed E-state index contributed by atoms with van der Waals surface area (Å²) in [5, 5.41) is 10.5. The molecular formula is C16H24N2O4S. The predicted octanol–water partition coefficient (Wildman–Crippen LogP) is 0.763. The Balaban J connectivity index is 1.78. The molecule has 3 rings (SSSR count). The Labute approximate surface area is 137 Å². The third-order valence-electron chi connectivity index (χ3n) is 4.53. The molecule has 0 aromatic heterocycles. The quantitative estimate of drug-likeness (QED) is 0.876. The molecule has 0 bridgehead atoms. The number of nitrogens with zero attached hydrogens (tertiary/aromatic N) is 2. The molecule has 2 aliphatic rings. The van der Waals surface area contributed by atoms with Gasteiger partial charge in [-0.2, -0.15) is 0 Å². The Morgan fingerprint density at radius 2 is 2.04 bits per heavy atom. The molecule has 6 nitrogen and oxygen atoms in total. The van der Waals surface area contributed by atoms with E-state index >= 15 is 0 Å². The van der Waals surface area contributed by atoms with Gasteiger partial charge in [0.25, 0.3) is 0 Å². The van der Waals surface area contributed by atoms with Crippen LogP contribution in [0.15, 0.2) is 18.2 Å². The summed E-state index contributed by atoms with van der Waals surface area (Å²) in [4.78, 5) is 2.19. The van der Waals surface area contributed by atoms with Crippen LogP contribution < -0.4 is 4.31 Å². The number of rotatable bonds is 4. The first-order chi connectivity index (χ1) is 10.9. The molecule has 1 saturated heterocycles. The Kier molecular flexibility index (Phi) is 4.64. The van der Waals surface area contributed by atoms with Crippen molar-refractivity contribution >= 4 is 15.7 Å². The second-order valence-corrected chi connectivity index (χ2v) is 8.29. The largest absolute Gasteiger partial charge is 0.387 e. The van der Waals surface area contributed by atoms with Gasteiger partial charge in [-0.05, 0) is 30.5 Å². The van der Waals surface area contributed by atoms with E-state index in [-0.39, 0.29) is 6.04 Å². The minimum atomic E-state index is -3.27. The number of anilines is 1. The number of aliphatic hydroxyl groups excluding tert-OH is 1. The zero-order chi connectivity index (χ0) is 16.6. The van der Waals surface area contributed by atoms with Crippen LogP contribution in [0.4, 0.5) is 5.69 Å². The zero-order valence-electron chi connectivity index (χ0n) is 13.6. The Morgan fingerprint density at radius 1 is 1.35 bits per heavy atom. The van der Waals surface area contributed by atoms with E-state index < -0.39 is 16.1 Å². The van der Waals surface area contributed by atoms with Crippen LogP contribution in [0, 0.1) is 0 Å². The fourth-order valence-electron chi connectivity index (χ4n) is 3.47. The van der Waals surface area contributed by atoms with Crippen molar-refractivity contribution in [3.63, 3.8) is 0 Å². The van der Waals surface area contributed by atoms with Gasteiger partial charge in [0.15, 0.2) is 0 Å². The molecule has 0 amide bonds. The summed E-state index contributed by atoms with van der Waals surface area (Å²) in [5.41, 5.74) is 2.57. The molecule has 0 unspecified atom stereocenters. The smallest absolute Gasteiger partial charge is 0.232 e. The normalized spacial score (nSPS) is 23.8. The van der Waals surface area contributed by atoms with Gasteiger partial charge in [0.2, 0.25) is 10.0 Å². The monoisotopic (exact) mass is 340 g/mol. The van der Waals surface area contributed by atoms with Gasteiger partial charge in [-0.1, -0.05) is 12.1 Å². The molecule has 2 heterocycles. The number of morpholine rings is 1. The van der Waals surface area contributed by atoms with Crippen molar-refractivity contribution in [2.45, 2.75) is 25.5 Å². The lowest BCUT2D eigenvalue weighted by molar-refractivity contribution is 0.0143. The second-order valence-electron chi connectivity index (χ2n) is 6.43. The van der Waals surface area contributed by atoms with Crippen molar-refractivity contribution in [3.8, 4) is 0 Å². The molecule has 0 aliphatic carbocycles. The summed E-state index contributed by atoms with van der Waals surface area (Å²) < 4.78 is 30.7. The first kappa shape index (κ1) is 16.7. The van der Waals surface area contributed by atoms with Gasteiger partial charge in [-0.25, -0.2) is 8.42 Å². The summed E-state index contributed by atoms with van der Waals surface area (Å²) in [5.74, 6) is 0. The van der Waals surface area contributed by atoms with Gasteiger partial charge < -0.3 is 9.84 Å². The SMILES string of the molecule is C[C@@H]1Cc2cc([C@H](O)CN3CCOCC3)ccc2N1S(C)(=O)=O. The summed E-state index contributed by atoms with van der Waals surface area (Å²) in [7, 11) is -3.27. The van der Waals surface area contributed by atoms with E-state index in [9.17, 15) is 13.5 Å². The van der Waals surface area contributed by atoms with Crippen molar-refractivity contribution in [1.29, 1.82) is 0 Å². The van der Waals surface area contributed by atoms with Crippen LogP contribution in [0.25, 0.3) is 0 Å². The Hall–Kier alpha value is -1.15. The molecule has 2 aliphatic heterocycles. The van der Waals surface area contributed by atoms with E-state index in [4.69, 9.17) is 4.74 Å². The number of benzene rings is 1.